The van der Waals surface area contributed by atoms with Crippen molar-refractivity contribution in [3.63, 3.8) is 0 Å². The Morgan fingerprint density at radius 2 is 1.96 bits per heavy atom. The molecule has 0 atom stereocenters. The summed E-state index contributed by atoms with van der Waals surface area (Å²) in [4.78, 5) is 30.0. The van der Waals surface area contributed by atoms with Crippen molar-refractivity contribution in [3.8, 4) is 0 Å². The largest absolute Gasteiger partial charge is 0.348 e. The van der Waals surface area contributed by atoms with Gasteiger partial charge in [0.05, 0.1) is 11.4 Å². The van der Waals surface area contributed by atoms with Gasteiger partial charge in [-0.3, -0.25) is 14.5 Å². The van der Waals surface area contributed by atoms with Crippen LogP contribution in [0.1, 0.15) is 39.8 Å². The summed E-state index contributed by atoms with van der Waals surface area (Å²) in [5.41, 5.74) is 1.17. The maximum absolute atomic E-state index is 12.0. The van der Waals surface area contributed by atoms with Crippen LogP contribution in [0.15, 0.2) is 41.8 Å². The molecule has 0 saturated heterocycles. The molecule has 0 aliphatic heterocycles. The van der Waals surface area contributed by atoms with E-state index in [1.807, 2.05) is 56.5 Å². The van der Waals surface area contributed by atoms with Gasteiger partial charge in [0, 0.05) is 23.9 Å². The van der Waals surface area contributed by atoms with Crippen LogP contribution in [0.2, 0.25) is 0 Å². The van der Waals surface area contributed by atoms with Gasteiger partial charge in [0.15, 0.2) is 5.13 Å². The van der Waals surface area contributed by atoms with E-state index in [4.69, 9.17) is 0 Å². The molecule has 2 amide bonds. The number of hydrogen-bond acceptors (Lipinski definition) is 4. The summed E-state index contributed by atoms with van der Waals surface area (Å²) in [6.45, 7) is 7.48. The van der Waals surface area contributed by atoms with E-state index in [1.165, 1.54) is 24.3 Å². The Morgan fingerprint density at radius 1 is 1.28 bits per heavy atom. The molecule has 0 spiro atoms. The van der Waals surface area contributed by atoms with E-state index >= 15 is 0 Å². The smallest absolute Gasteiger partial charge is 0.244 e. The van der Waals surface area contributed by atoms with Crippen LogP contribution in [-0.2, 0) is 9.59 Å². The second-order valence-electron chi connectivity index (χ2n) is 6.30. The maximum Gasteiger partial charge on any atom is 0.244 e. The first-order valence-electron chi connectivity index (χ1n) is 8.14. The van der Waals surface area contributed by atoms with Crippen molar-refractivity contribution in [2.45, 2.75) is 39.7 Å². The quantitative estimate of drug-likeness (QED) is 0.790. The highest BCUT2D eigenvalue weighted by Crippen LogP contribution is 2.28. The molecule has 1 heterocycles. The van der Waals surface area contributed by atoms with Gasteiger partial charge in [-0.05, 0) is 38.5 Å². The van der Waals surface area contributed by atoms with Crippen molar-refractivity contribution in [1.82, 2.24) is 10.3 Å². The number of thiazole rings is 1. The third-order valence-corrected chi connectivity index (χ3v) is 4.63. The molecular formula is C19H23N3O2S. The average molecular weight is 357 g/mol. The van der Waals surface area contributed by atoms with Crippen LogP contribution in [0.25, 0.3) is 6.08 Å². The van der Waals surface area contributed by atoms with Gasteiger partial charge in [-0.1, -0.05) is 25.1 Å². The molecule has 0 fully saturated rings. The Kier molecular flexibility index (Phi) is 6.09. The third kappa shape index (κ3) is 5.26. The molecule has 1 aromatic carbocycles. The highest BCUT2D eigenvalue weighted by molar-refractivity contribution is 7.14. The van der Waals surface area contributed by atoms with Crippen molar-refractivity contribution in [2.75, 3.05) is 4.90 Å². The topological polar surface area (TPSA) is 62.3 Å². The summed E-state index contributed by atoms with van der Waals surface area (Å²) >= 11 is 1.36. The molecule has 2 aromatic rings. The van der Waals surface area contributed by atoms with Gasteiger partial charge >= 0.3 is 0 Å². The number of carbonyl (C=O) groups excluding carboxylic acids is 2. The minimum Gasteiger partial charge on any atom is -0.348 e. The molecular weight excluding hydrogens is 334 g/mol. The fraction of sp³-hybridized carbons (Fsp3) is 0.316. The van der Waals surface area contributed by atoms with Crippen molar-refractivity contribution in [1.29, 1.82) is 0 Å². The summed E-state index contributed by atoms with van der Waals surface area (Å²) < 4.78 is 0. The summed E-state index contributed by atoms with van der Waals surface area (Å²) in [6, 6.07) is 9.37. The fourth-order valence-corrected chi connectivity index (χ4v) is 2.94. The molecule has 6 heteroatoms. The Labute approximate surface area is 152 Å². The molecule has 0 saturated carbocycles. The van der Waals surface area contributed by atoms with Gasteiger partial charge in [0.2, 0.25) is 11.8 Å². The number of aromatic nitrogens is 1. The number of nitrogens with one attached hydrogen (secondary N) is 1. The van der Waals surface area contributed by atoms with Crippen LogP contribution in [0, 0.1) is 0 Å². The molecule has 0 aliphatic rings. The van der Waals surface area contributed by atoms with Crippen molar-refractivity contribution < 1.29 is 9.59 Å². The molecule has 1 aromatic heterocycles. The van der Waals surface area contributed by atoms with E-state index in [0.717, 1.165) is 12.1 Å². The van der Waals surface area contributed by atoms with Gasteiger partial charge in [-0.2, -0.15) is 0 Å². The van der Waals surface area contributed by atoms with Crippen LogP contribution in [0.3, 0.4) is 0 Å². The van der Waals surface area contributed by atoms with E-state index in [9.17, 15) is 9.59 Å². The minimum atomic E-state index is -0.243. The Hall–Kier alpha value is -2.47. The Bertz CT molecular complexity index is 766. The lowest BCUT2D eigenvalue weighted by molar-refractivity contribution is -0.118. The second kappa shape index (κ2) is 8.07. The zero-order chi connectivity index (χ0) is 18.4. The van der Waals surface area contributed by atoms with Gasteiger partial charge in [0.1, 0.15) is 0 Å². The normalized spacial score (nSPS) is 11.5. The van der Waals surface area contributed by atoms with Crippen LogP contribution in [-0.4, -0.2) is 22.3 Å². The number of hydrogen-bond donors (Lipinski definition) is 1. The van der Waals surface area contributed by atoms with E-state index in [1.54, 1.807) is 11.0 Å². The van der Waals surface area contributed by atoms with Gasteiger partial charge in [-0.15, -0.1) is 11.3 Å². The molecule has 0 bridgehead atoms. The number of para-hydroxylation sites is 1. The minimum absolute atomic E-state index is 0.112. The van der Waals surface area contributed by atoms with E-state index in [2.05, 4.69) is 10.3 Å². The molecule has 25 heavy (non-hydrogen) atoms. The molecule has 0 unspecified atom stereocenters. The molecule has 1 N–H and O–H groups in total. The van der Waals surface area contributed by atoms with Crippen LogP contribution < -0.4 is 10.2 Å². The number of rotatable bonds is 6. The summed E-state index contributed by atoms with van der Waals surface area (Å²) in [6.07, 6.45) is 3.97. The van der Waals surface area contributed by atoms with Crippen LogP contribution >= 0.6 is 11.3 Å². The first kappa shape index (κ1) is 18.9. The standard InChI is InChI=1S/C19H23N3O2S/c1-5-19(3,4)21-17(24)12-11-15-13-25-18(20-15)22(14(2)23)16-9-7-6-8-10-16/h6-13H,5H2,1-4H3,(H,21,24)/b12-11+. The molecule has 132 valence electrons. The molecule has 0 radical (unpaired) electrons. The number of nitrogens with zero attached hydrogens (tertiary/aromatic N) is 2. The zero-order valence-electron chi connectivity index (χ0n) is 14.9. The summed E-state index contributed by atoms with van der Waals surface area (Å²) in [7, 11) is 0. The van der Waals surface area contributed by atoms with Gasteiger partial charge in [-0.25, -0.2) is 4.98 Å². The Morgan fingerprint density at radius 3 is 2.56 bits per heavy atom. The van der Waals surface area contributed by atoms with Gasteiger partial charge < -0.3 is 5.32 Å². The number of benzene rings is 1. The lowest BCUT2D eigenvalue weighted by atomic mass is 10.0. The van der Waals surface area contributed by atoms with Gasteiger partial charge in [0.25, 0.3) is 0 Å². The number of amides is 2. The van der Waals surface area contributed by atoms with Crippen molar-refractivity contribution in [2.24, 2.45) is 0 Å². The monoisotopic (exact) mass is 357 g/mol. The number of anilines is 2. The van der Waals surface area contributed by atoms with E-state index < -0.39 is 0 Å². The summed E-state index contributed by atoms with van der Waals surface area (Å²) in [5, 5.41) is 5.33. The highest BCUT2D eigenvalue weighted by Gasteiger charge is 2.18. The average Bonchev–Trinajstić information content (AvgIpc) is 3.02. The zero-order valence-corrected chi connectivity index (χ0v) is 15.8. The molecule has 2 rings (SSSR count). The van der Waals surface area contributed by atoms with Crippen LogP contribution in [0.4, 0.5) is 10.8 Å². The van der Waals surface area contributed by atoms with E-state index in [-0.39, 0.29) is 17.4 Å². The predicted octanol–water partition coefficient (Wildman–Crippen LogP) is 4.15. The SMILES string of the molecule is CCC(C)(C)NC(=O)/C=C/c1csc(N(C(C)=O)c2ccccc2)n1. The lowest BCUT2D eigenvalue weighted by Crippen LogP contribution is -2.41. The van der Waals surface area contributed by atoms with Crippen molar-refractivity contribution >= 4 is 40.0 Å². The first-order chi connectivity index (χ1) is 11.8. The van der Waals surface area contributed by atoms with Crippen molar-refractivity contribution in [3.05, 3.63) is 47.5 Å². The first-order valence-corrected chi connectivity index (χ1v) is 9.02. The fourth-order valence-electron chi connectivity index (χ4n) is 2.08. The summed E-state index contributed by atoms with van der Waals surface area (Å²) in [5.74, 6) is -0.272. The lowest BCUT2D eigenvalue weighted by Gasteiger charge is -2.23. The maximum atomic E-state index is 12.0. The highest BCUT2D eigenvalue weighted by atomic mass is 32.1. The van der Waals surface area contributed by atoms with Crippen LogP contribution in [0.5, 0.6) is 0 Å². The molecule has 5 nitrogen and oxygen atoms in total. The second-order valence-corrected chi connectivity index (χ2v) is 7.14. The third-order valence-electron chi connectivity index (χ3n) is 3.78. The Balaban J connectivity index is 2.14. The number of carbonyl (C=O) groups is 2. The predicted molar refractivity (Wildman–Crippen MR) is 103 cm³/mol. The molecule has 0 aliphatic carbocycles. The van der Waals surface area contributed by atoms with E-state index in [0.29, 0.717) is 10.8 Å².